The van der Waals surface area contributed by atoms with Crippen LogP contribution < -0.4 is 4.90 Å². The molecule has 2 aromatic rings. The molecule has 3 saturated heterocycles. The molecular formula is C20H19Cl2N3O3. The Labute approximate surface area is 172 Å². The SMILES string of the molecule is Cc1nn(Cc2ccc(Cl)cc2Cl)c(C)c1N1C(=O)[C@@H]2[C@@H](C1=O)[C@@H]1CC[C@@H]2O1. The first-order chi connectivity index (χ1) is 13.4. The second kappa shape index (κ2) is 6.31. The van der Waals surface area contributed by atoms with Crippen LogP contribution in [0, 0.1) is 25.7 Å². The number of hydrogen-bond acceptors (Lipinski definition) is 4. The maximum absolute atomic E-state index is 13.1. The lowest BCUT2D eigenvalue weighted by atomic mass is 9.81. The van der Waals surface area contributed by atoms with Crippen molar-refractivity contribution < 1.29 is 14.3 Å². The van der Waals surface area contributed by atoms with E-state index in [4.69, 9.17) is 27.9 Å². The van der Waals surface area contributed by atoms with Crippen LogP contribution in [0.5, 0.6) is 0 Å². The molecule has 1 aromatic carbocycles. The maximum Gasteiger partial charge on any atom is 0.240 e. The summed E-state index contributed by atoms with van der Waals surface area (Å²) in [5.74, 6) is -1.01. The Balaban J connectivity index is 1.50. The van der Waals surface area contributed by atoms with Gasteiger partial charge in [-0.05, 0) is 44.4 Å². The van der Waals surface area contributed by atoms with Gasteiger partial charge in [0.1, 0.15) is 0 Å². The van der Waals surface area contributed by atoms with Gasteiger partial charge < -0.3 is 4.74 Å². The number of aromatic nitrogens is 2. The lowest BCUT2D eigenvalue weighted by molar-refractivity contribution is -0.124. The summed E-state index contributed by atoms with van der Waals surface area (Å²) in [7, 11) is 0. The van der Waals surface area contributed by atoms with Crippen LogP contribution in [0.3, 0.4) is 0 Å². The van der Waals surface area contributed by atoms with E-state index in [0.717, 1.165) is 24.1 Å². The van der Waals surface area contributed by atoms with Crippen molar-refractivity contribution in [2.24, 2.45) is 11.8 Å². The van der Waals surface area contributed by atoms with Crippen LogP contribution in [-0.4, -0.2) is 33.8 Å². The van der Waals surface area contributed by atoms with Gasteiger partial charge in [0, 0.05) is 10.0 Å². The van der Waals surface area contributed by atoms with Gasteiger partial charge in [-0.2, -0.15) is 5.10 Å². The fourth-order valence-corrected chi connectivity index (χ4v) is 5.38. The van der Waals surface area contributed by atoms with Gasteiger partial charge in [-0.15, -0.1) is 0 Å². The fraction of sp³-hybridized carbons (Fsp3) is 0.450. The number of imide groups is 1. The lowest BCUT2D eigenvalue weighted by Gasteiger charge is -2.18. The topological polar surface area (TPSA) is 64.4 Å². The Morgan fingerprint density at radius 2 is 1.75 bits per heavy atom. The van der Waals surface area contributed by atoms with Crippen LogP contribution in [0.25, 0.3) is 0 Å². The molecule has 3 aliphatic rings. The number of rotatable bonds is 3. The van der Waals surface area contributed by atoms with Crippen molar-refractivity contribution in [3.8, 4) is 0 Å². The van der Waals surface area contributed by atoms with Crippen LogP contribution in [0.2, 0.25) is 10.0 Å². The van der Waals surface area contributed by atoms with Gasteiger partial charge in [-0.1, -0.05) is 29.3 Å². The van der Waals surface area contributed by atoms with Crippen molar-refractivity contribution in [3.63, 3.8) is 0 Å². The van der Waals surface area contributed by atoms with E-state index >= 15 is 0 Å². The van der Waals surface area contributed by atoms with Gasteiger partial charge in [0.25, 0.3) is 0 Å². The molecule has 1 aromatic heterocycles. The molecule has 2 amide bonds. The summed E-state index contributed by atoms with van der Waals surface area (Å²) in [6.45, 7) is 4.13. The molecule has 0 radical (unpaired) electrons. The number of carbonyl (C=O) groups is 2. The van der Waals surface area contributed by atoms with Crippen LogP contribution in [0.1, 0.15) is 29.8 Å². The summed E-state index contributed by atoms with van der Waals surface area (Å²) in [6, 6.07) is 5.32. The molecule has 2 bridgehead atoms. The lowest BCUT2D eigenvalue weighted by Crippen LogP contribution is -2.35. The summed E-state index contributed by atoms with van der Waals surface area (Å²) in [4.78, 5) is 27.6. The van der Waals surface area contributed by atoms with E-state index in [2.05, 4.69) is 5.10 Å². The Kier molecular flexibility index (Phi) is 4.09. The molecular weight excluding hydrogens is 401 g/mol. The van der Waals surface area contributed by atoms with E-state index in [1.165, 1.54) is 4.90 Å². The molecule has 3 fully saturated rings. The van der Waals surface area contributed by atoms with Crippen molar-refractivity contribution in [2.75, 3.05) is 4.90 Å². The standard InChI is InChI=1S/C20H19Cl2N3O3/c1-9-18(10(2)24(23-9)8-11-3-4-12(21)7-13(11)22)25-19(26)16-14-5-6-15(28-14)17(16)20(25)27/h3-4,7,14-17H,5-6,8H2,1-2H3/t14-,15-,16-,17-/m0/s1. The van der Waals surface area contributed by atoms with E-state index in [0.29, 0.717) is 28.0 Å². The number of aryl methyl sites for hydroxylation is 1. The zero-order valence-corrected chi connectivity index (χ0v) is 17.0. The normalized spacial score (nSPS) is 28.5. The van der Waals surface area contributed by atoms with E-state index in [-0.39, 0.29) is 35.9 Å². The van der Waals surface area contributed by atoms with Gasteiger partial charge >= 0.3 is 0 Å². The predicted molar refractivity (Wildman–Crippen MR) is 105 cm³/mol. The molecule has 6 nitrogen and oxygen atoms in total. The van der Waals surface area contributed by atoms with Gasteiger partial charge in [0.05, 0.1) is 47.7 Å². The molecule has 3 aliphatic heterocycles. The first-order valence-corrected chi connectivity index (χ1v) is 10.1. The number of halogens is 2. The second-order valence-electron chi connectivity index (χ2n) is 7.77. The smallest absolute Gasteiger partial charge is 0.240 e. The highest BCUT2D eigenvalue weighted by Gasteiger charge is 2.63. The highest BCUT2D eigenvalue weighted by molar-refractivity contribution is 6.35. The number of fused-ring (bicyclic) bond motifs is 5. The highest BCUT2D eigenvalue weighted by atomic mass is 35.5. The molecule has 5 rings (SSSR count). The number of amides is 2. The average molecular weight is 420 g/mol. The summed E-state index contributed by atoms with van der Waals surface area (Å²) >= 11 is 12.3. The molecule has 0 aliphatic carbocycles. The second-order valence-corrected chi connectivity index (χ2v) is 8.61. The van der Waals surface area contributed by atoms with Crippen LogP contribution >= 0.6 is 23.2 Å². The number of carbonyl (C=O) groups excluding carboxylic acids is 2. The minimum atomic E-state index is -0.348. The Hall–Kier alpha value is -1.89. The number of benzene rings is 1. The molecule has 146 valence electrons. The van der Waals surface area contributed by atoms with E-state index < -0.39 is 0 Å². The largest absolute Gasteiger partial charge is 0.373 e. The number of hydrogen-bond donors (Lipinski definition) is 0. The van der Waals surface area contributed by atoms with Crippen molar-refractivity contribution in [2.45, 2.75) is 45.4 Å². The van der Waals surface area contributed by atoms with Crippen LogP contribution in [0.15, 0.2) is 18.2 Å². The molecule has 4 atom stereocenters. The van der Waals surface area contributed by atoms with Crippen molar-refractivity contribution >= 4 is 40.7 Å². The highest BCUT2D eigenvalue weighted by Crippen LogP contribution is 2.50. The van der Waals surface area contributed by atoms with E-state index in [9.17, 15) is 9.59 Å². The van der Waals surface area contributed by atoms with Gasteiger partial charge in [0.2, 0.25) is 11.8 Å². The molecule has 8 heteroatoms. The van der Waals surface area contributed by atoms with E-state index in [1.807, 2.05) is 19.9 Å². The van der Waals surface area contributed by atoms with E-state index in [1.54, 1.807) is 16.8 Å². The van der Waals surface area contributed by atoms with Gasteiger partial charge in [-0.3, -0.25) is 14.3 Å². The monoisotopic (exact) mass is 419 g/mol. The number of ether oxygens (including phenoxy) is 1. The zero-order valence-electron chi connectivity index (χ0n) is 15.5. The minimum Gasteiger partial charge on any atom is -0.373 e. The first kappa shape index (κ1) is 18.2. The third-order valence-electron chi connectivity index (χ3n) is 6.19. The zero-order chi connectivity index (χ0) is 19.7. The van der Waals surface area contributed by atoms with Crippen molar-refractivity contribution in [3.05, 3.63) is 45.2 Å². The predicted octanol–water partition coefficient (Wildman–Crippen LogP) is 3.52. The van der Waals surface area contributed by atoms with Crippen molar-refractivity contribution in [1.82, 2.24) is 9.78 Å². The Morgan fingerprint density at radius 1 is 1.11 bits per heavy atom. The molecule has 28 heavy (non-hydrogen) atoms. The number of nitrogens with zero attached hydrogens (tertiary/aromatic N) is 3. The molecule has 0 unspecified atom stereocenters. The first-order valence-electron chi connectivity index (χ1n) is 9.38. The van der Waals surface area contributed by atoms with Crippen molar-refractivity contribution in [1.29, 1.82) is 0 Å². The molecule has 4 heterocycles. The average Bonchev–Trinajstić information content (AvgIpc) is 3.37. The molecule has 0 spiro atoms. The quantitative estimate of drug-likeness (QED) is 0.713. The molecule has 0 saturated carbocycles. The third-order valence-corrected chi connectivity index (χ3v) is 6.77. The summed E-state index contributed by atoms with van der Waals surface area (Å²) in [6.07, 6.45) is 1.45. The fourth-order valence-electron chi connectivity index (χ4n) is 4.91. The van der Waals surface area contributed by atoms with Crippen LogP contribution in [0.4, 0.5) is 5.69 Å². The third kappa shape index (κ3) is 2.48. The maximum atomic E-state index is 13.1. The van der Waals surface area contributed by atoms with Gasteiger partial charge in [0.15, 0.2) is 0 Å². The summed E-state index contributed by atoms with van der Waals surface area (Å²) < 4.78 is 7.59. The molecule has 0 N–H and O–H groups in total. The Bertz CT molecular complexity index is 990. The van der Waals surface area contributed by atoms with Gasteiger partial charge in [-0.25, -0.2) is 4.90 Å². The number of anilines is 1. The van der Waals surface area contributed by atoms with Crippen LogP contribution in [-0.2, 0) is 20.9 Å². The summed E-state index contributed by atoms with van der Waals surface area (Å²) in [5, 5.41) is 5.70. The minimum absolute atomic E-state index is 0.125. The summed E-state index contributed by atoms with van der Waals surface area (Å²) in [5.41, 5.74) is 2.87. The Morgan fingerprint density at radius 3 is 2.36 bits per heavy atom.